The van der Waals surface area contributed by atoms with Crippen LogP contribution in [-0.4, -0.2) is 11.1 Å². The molecule has 0 spiro atoms. The Labute approximate surface area is 102 Å². The molecule has 0 radical (unpaired) electrons. The van der Waals surface area contributed by atoms with Crippen molar-refractivity contribution in [3.8, 4) is 10.4 Å². The van der Waals surface area contributed by atoms with Gasteiger partial charge in [0.15, 0.2) is 0 Å². The lowest BCUT2D eigenvalue weighted by atomic mass is 10.1. The van der Waals surface area contributed by atoms with Gasteiger partial charge in [-0.1, -0.05) is 13.0 Å². The number of benzene rings is 1. The quantitative estimate of drug-likeness (QED) is 0.899. The lowest BCUT2D eigenvalue weighted by Gasteiger charge is -2.01. The maximum absolute atomic E-state index is 13.2. The van der Waals surface area contributed by atoms with E-state index >= 15 is 0 Å². The summed E-state index contributed by atoms with van der Waals surface area (Å²) in [6.07, 6.45) is 0.934. The van der Waals surface area contributed by atoms with Crippen molar-refractivity contribution in [3.63, 3.8) is 0 Å². The molecule has 0 fully saturated rings. The lowest BCUT2D eigenvalue weighted by Crippen LogP contribution is -2.00. The Kier molecular flexibility index (Phi) is 3.24. The van der Waals surface area contributed by atoms with Gasteiger partial charge >= 0.3 is 5.97 Å². The Morgan fingerprint density at radius 3 is 2.76 bits per heavy atom. The molecule has 0 aliphatic heterocycles. The molecule has 0 atom stereocenters. The molecule has 2 rings (SSSR count). The van der Waals surface area contributed by atoms with Gasteiger partial charge < -0.3 is 5.11 Å². The molecular formula is C13H11FO2S. The van der Waals surface area contributed by atoms with Gasteiger partial charge in [0.1, 0.15) is 5.82 Å². The van der Waals surface area contributed by atoms with Crippen LogP contribution in [0.1, 0.15) is 22.8 Å². The minimum Gasteiger partial charge on any atom is -0.478 e. The second-order valence-corrected chi connectivity index (χ2v) is 4.58. The molecule has 88 valence electrons. The van der Waals surface area contributed by atoms with E-state index in [0.29, 0.717) is 0 Å². The van der Waals surface area contributed by atoms with E-state index in [9.17, 15) is 9.18 Å². The average Bonchev–Trinajstić information content (AvgIpc) is 2.78. The predicted molar refractivity (Wildman–Crippen MR) is 66.1 cm³/mol. The fraction of sp³-hybridized carbons (Fsp3) is 0.154. The normalized spacial score (nSPS) is 10.5. The zero-order chi connectivity index (χ0) is 12.4. The van der Waals surface area contributed by atoms with Crippen LogP contribution in [0.2, 0.25) is 0 Å². The number of carbonyl (C=O) groups is 1. The average molecular weight is 250 g/mol. The van der Waals surface area contributed by atoms with Crippen LogP contribution in [0.4, 0.5) is 4.39 Å². The SMILES string of the molecule is CCc1csc(-c2ccc(F)c(C(=O)O)c2)c1. The summed E-state index contributed by atoms with van der Waals surface area (Å²) in [7, 11) is 0. The molecule has 1 aromatic carbocycles. The third-order valence-electron chi connectivity index (χ3n) is 2.54. The largest absolute Gasteiger partial charge is 0.478 e. The summed E-state index contributed by atoms with van der Waals surface area (Å²) in [6.45, 7) is 2.05. The highest BCUT2D eigenvalue weighted by molar-refractivity contribution is 7.13. The van der Waals surface area contributed by atoms with E-state index in [2.05, 4.69) is 6.92 Å². The molecule has 17 heavy (non-hydrogen) atoms. The fourth-order valence-corrected chi connectivity index (χ4v) is 2.55. The smallest absolute Gasteiger partial charge is 0.338 e. The van der Waals surface area contributed by atoms with Crippen molar-refractivity contribution in [3.05, 3.63) is 46.6 Å². The molecular weight excluding hydrogens is 239 g/mol. The van der Waals surface area contributed by atoms with Crippen molar-refractivity contribution in [1.82, 2.24) is 0 Å². The van der Waals surface area contributed by atoms with Gasteiger partial charge in [-0.25, -0.2) is 9.18 Å². The van der Waals surface area contributed by atoms with Crippen LogP contribution < -0.4 is 0 Å². The zero-order valence-corrected chi connectivity index (χ0v) is 10.1. The Morgan fingerprint density at radius 2 is 2.18 bits per heavy atom. The summed E-state index contributed by atoms with van der Waals surface area (Å²) in [5, 5.41) is 10.9. The van der Waals surface area contributed by atoms with Gasteiger partial charge in [-0.2, -0.15) is 0 Å². The van der Waals surface area contributed by atoms with Crippen LogP contribution in [0.25, 0.3) is 10.4 Å². The molecule has 1 aromatic heterocycles. The number of halogens is 1. The standard InChI is InChI=1S/C13H11FO2S/c1-2-8-5-12(17-7-8)9-3-4-11(14)10(6-9)13(15)16/h3-7H,2H2,1H3,(H,15,16). The number of aryl methyl sites for hydroxylation is 1. The molecule has 0 unspecified atom stereocenters. The van der Waals surface area contributed by atoms with Crippen LogP contribution in [0.5, 0.6) is 0 Å². The number of carboxylic acids is 1. The number of thiophene rings is 1. The molecule has 0 amide bonds. The highest BCUT2D eigenvalue weighted by Crippen LogP contribution is 2.28. The monoisotopic (exact) mass is 250 g/mol. The van der Waals surface area contributed by atoms with Gasteiger partial charge in [0.05, 0.1) is 5.56 Å². The van der Waals surface area contributed by atoms with Crippen molar-refractivity contribution < 1.29 is 14.3 Å². The van der Waals surface area contributed by atoms with Gasteiger partial charge in [0.2, 0.25) is 0 Å². The lowest BCUT2D eigenvalue weighted by molar-refractivity contribution is 0.0692. The number of hydrogen-bond donors (Lipinski definition) is 1. The minimum atomic E-state index is -1.24. The Morgan fingerprint density at radius 1 is 1.41 bits per heavy atom. The molecule has 1 heterocycles. The van der Waals surface area contributed by atoms with Gasteiger partial charge in [-0.3, -0.25) is 0 Å². The Bertz CT molecular complexity index is 560. The maximum atomic E-state index is 13.2. The first-order chi connectivity index (χ1) is 8.11. The van der Waals surface area contributed by atoms with E-state index in [4.69, 9.17) is 5.11 Å². The Hall–Kier alpha value is -1.68. The van der Waals surface area contributed by atoms with Crippen molar-refractivity contribution >= 4 is 17.3 Å². The summed E-state index contributed by atoms with van der Waals surface area (Å²) >= 11 is 1.54. The first-order valence-corrected chi connectivity index (χ1v) is 6.10. The van der Waals surface area contributed by atoms with Crippen molar-refractivity contribution in [2.24, 2.45) is 0 Å². The molecule has 0 saturated carbocycles. The van der Waals surface area contributed by atoms with Crippen molar-refractivity contribution in [2.75, 3.05) is 0 Å². The van der Waals surface area contributed by atoms with Crippen LogP contribution in [0.3, 0.4) is 0 Å². The molecule has 0 bridgehead atoms. The number of aromatic carboxylic acids is 1. The number of carboxylic acid groups (broad SMARTS) is 1. The highest BCUT2D eigenvalue weighted by atomic mass is 32.1. The molecule has 2 aromatic rings. The summed E-state index contributed by atoms with van der Waals surface area (Å²) in [5.74, 6) is -1.94. The fourth-order valence-electron chi connectivity index (χ4n) is 1.55. The van der Waals surface area contributed by atoms with E-state index in [-0.39, 0.29) is 5.56 Å². The van der Waals surface area contributed by atoms with Crippen molar-refractivity contribution in [1.29, 1.82) is 0 Å². The third kappa shape index (κ3) is 2.36. The van der Waals surface area contributed by atoms with Gasteiger partial charge in [0.25, 0.3) is 0 Å². The highest BCUT2D eigenvalue weighted by Gasteiger charge is 2.12. The number of hydrogen-bond acceptors (Lipinski definition) is 2. The van der Waals surface area contributed by atoms with Crippen molar-refractivity contribution in [2.45, 2.75) is 13.3 Å². The van der Waals surface area contributed by atoms with E-state index < -0.39 is 11.8 Å². The second kappa shape index (κ2) is 4.67. The first-order valence-electron chi connectivity index (χ1n) is 5.22. The van der Waals surface area contributed by atoms with Gasteiger partial charge in [0, 0.05) is 4.88 Å². The summed E-state index contributed by atoms with van der Waals surface area (Å²) in [4.78, 5) is 11.8. The molecule has 0 saturated heterocycles. The molecule has 4 heteroatoms. The van der Waals surface area contributed by atoms with Gasteiger partial charge in [-0.05, 0) is 41.1 Å². The molecule has 0 aliphatic rings. The maximum Gasteiger partial charge on any atom is 0.338 e. The van der Waals surface area contributed by atoms with E-state index in [0.717, 1.165) is 16.9 Å². The van der Waals surface area contributed by atoms with Crippen LogP contribution in [0.15, 0.2) is 29.6 Å². The summed E-state index contributed by atoms with van der Waals surface area (Å²) in [5.41, 5.74) is 1.66. The molecule has 1 N–H and O–H groups in total. The second-order valence-electron chi connectivity index (χ2n) is 3.67. The minimum absolute atomic E-state index is 0.283. The summed E-state index contributed by atoms with van der Waals surface area (Å²) in [6, 6.07) is 6.18. The Balaban J connectivity index is 2.46. The van der Waals surface area contributed by atoms with E-state index in [1.807, 2.05) is 11.4 Å². The van der Waals surface area contributed by atoms with Crippen LogP contribution >= 0.6 is 11.3 Å². The first kappa shape index (κ1) is 11.8. The van der Waals surface area contributed by atoms with Crippen LogP contribution in [0, 0.1) is 5.82 Å². The predicted octanol–water partition coefficient (Wildman–Crippen LogP) is 3.81. The molecule has 2 nitrogen and oxygen atoms in total. The van der Waals surface area contributed by atoms with Crippen LogP contribution in [-0.2, 0) is 6.42 Å². The zero-order valence-electron chi connectivity index (χ0n) is 9.24. The van der Waals surface area contributed by atoms with Gasteiger partial charge in [-0.15, -0.1) is 11.3 Å². The molecule has 0 aliphatic carbocycles. The van der Waals surface area contributed by atoms with E-state index in [1.54, 1.807) is 6.07 Å². The third-order valence-corrected chi connectivity index (χ3v) is 3.57. The van der Waals surface area contributed by atoms with E-state index in [1.165, 1.54) is 29.0 Å². The number of rotatable bonds is 3. The summed E-state index contributed by atoms with van der Waals surface area (Å²) < 4.78 is 13.2. The topological polar surface area (TPSA) is 37.3 Å².